The van der Waals surface area contributed by atoms with Crippen molar-refractivity contribution >= 4 is 54.1 Å². The summed E-state index contributed by atoms with van der Waals surface area (Å²) in [6.45, 7) is 11.1. The fourth-order valence-corrected chi connectivity index (χ4v) is 10.1. The first-order chi connectivity index (χ1) is 41.4. The highest BCUT2D eigenvalue weighted by atomic mass is 32.1. The Morgan fingerprint density at radius 1 is 0.500 bits per heavy atom. The summed E-state index contributed by atoms with van der Waals surface area (Å²) in [6.07, 6.45) is -30.3. The van der Waals surface area contributed by atoms with E-state index < -0.39 is 171 Å². The zero-order chi connectivity index (χ0) is 65.6. The molecule has 20 atom stereocenters. The molecule has 0 radical (unpaired) electrons. The average Bonchev–Trinajstić information content (AvgIpc) is 1.00. The molecular weight excluding hydrogens is 1190 g/mol. The number of esters is 1. The number of aliphatic hydroxyl groups is 8. The number of carboxylic acids is 1. The fraction of sp³-hybridized carbons (Fsp3) is 0.873. The van der Waals surface area contributed by atoms with Gasteiger partial charge in [0.05, 0.1) is 43.6 Å². The summed E-state index contributed by atoms with van der Waals surface area (Å²) in [5, 5.41) is 116. The molecule has 4 rings (SSSR count). The maximum Gasteiger partial charge on any atom is 0.305 e. The number of aliphatic carboxylic acids is 1. The van der Waals surface area contributed by atoms with E-state index in [2.05, 4.69) is 39.2 Å². The number of carbonyl (C=O) groups is 7. The van der Waals surface area contributed by atoms with E-state index in [-0.39, 0.29) is 63.3 Å². The van der Waals surface area contributed by atoms with Crippen LogP contribution in [-0.4, -0.2) is 275 Å². The molecule has 0 bridgehead atoms. The van der Waals surface area contributed by atoms with Crippen molar-refractivity contribution in [2.24, 2.45) is 0 Å². The van der Waals surface area contributed by atoms with Crippen LogP contribution < -0.4 is 31.7 Å². The minimum Gasteiger partial charge on any atom is -0.547 e. The van der Waals surface area contributed by atoms with Crippen molar-refractivity contribution in [1.29, 1.82) is 0 Å². The quantitative estimate of drug-likeness (QED) is 0.0162. The number of ether oxygens (including phenoxy) is 11. The third kappa shape index (κ3) is 24.2. The van der Waals surface area contributed by atoms with E-state index in [0.717, 1.165) is 33.1 Å². The van der Waals surface area contributed by atoms with Crippen LogP contribution in [0.15, 0.2) is 0 Å². The fourth-order valence-electron chi connectivity index (χ4n) is 9.90. The van der Waals surface area contributed by atoms with Gasteiger partial charge in [-0.2, -0.15) is 12.6 Å². The van der Waals surface area contributed by atoms with Crippen LogP contribution in [0.4, 0.5) is 0 Å². The number of hydrogen-bond acceptors (Lipinski definition) is 28. The van der Waals surface area contributed by atoms with Crippen molar-refractivity contribution in [3.63, 3.8) is 0 Å². The highest BCUT2D eigenvalue weighted by Gasteiger charge is 2.57. The largest absolute Gasteiger partial charge is 0.547 e. The Kier molecular flexibility index (Phi) is 32.0. The van der Waals surface area contributed by atoms with Gasteiger partial charge in [0.25, 0.3) is 5.91 Å². The molecule has 4 aliphatic heterocycles. The summed E-state index contributed by atoms with van der Waals surface area (Å²) >= 11 is 4.00. The van der Waals surface area contributed by atoms with Crippen LogP contribution in [0.1, 0.15) is 113 Å². The lowest BCUT2D eigenvalue weighted by molar-refractivity contribution is -0.386. The number of thiol groups is 1. The van der Waals surface area contributed by atoms with Crippen LogP contribution in [0.3, 0.4) is 0 Å². The van der Waals surface area contributed by atoms with Crippen molar-refractivity contribution in [2.75, 3.05) is 58.4 Å². The Hall–Kier alpha value is -4.08. The van der Waals surface area contributed by atoms with Crippen LogP contribution in [0.5, 0.6) is 0 Å². The average molecular weight is 1290 g/mol. The minimum atomic E-state index is -2.41. The lowest BCUT2D eigenvalue weighted by atomic mass is 9.93. The van der Waals surface area contributed by atoms with Gasteiger partial charge in [0, 0.05) is 52.7 Å². The maximum absolute atomic E-state index is 13.9. The van der Waals surface area contributed by atoms with E-state index >= 15 is 0 Å². The molecule has 88 heavy (non-hydrogen) atoms. The van der Waals surface area contributed by atoms with Gasteiger partial charge in [0.1, 0.15) is 98.0 Å². The molecule has 20 unspecified atom stereocenters. The van der Waals surface area contributed by atoms with Crippen LogP contribution in [0.25, 0.3) is 0 Å². The molecular formula is C55H94N5O27S-. The molecule has 508 valence electrons. The maximum atomic E-state index is 13.9. The number of carboxylic acid groups (broad SMARTS) is 1. The molecule has 13 N–H and O–H groups in total. The second kappa shape index (κ2) is 36.8. The first-order valence-corrected chi connectivity index (χ1v) is 30.2. The van der Waals surface area contributed by atoms with Gasteiger partial charge in [0.2, 0.25) is 23.6 Å². The highest BCUT2D eigenvalue weighted by molar-refractivity contribution is 7.80. The van der Waals surface area contributed by atoms with E-state index in [1.807, 2.05) is 0 Å². The van der Waals surface area contributed by atoms with Gasteiger partial charge in [-0.1, -0.05) is 19.3 Å². The Bertz CT molecular complexity index is 2200. The van der Waals surface area contributed by atoms with Gasteiger partial charge in [0.15, 0.2) is 31.3 Å². The molecule has 0 aromatic carbocycles. The van der Waals surface area contributed by atoms with Crippen LogP contribution in [0, 0.1) is 0 Å². The molecule has 0 aliphatic carbocycles. The Labute approximate surface area is 516 Å². The highest BCUT2D eigenvalue weighted by Crippen LogP contribution is 2.36. The van der Waals surface area contributed by atoms with Crippen LogP contribution >= 0.6 is 12.6 Å². The summed E-state index contributed by atoms with van der Waals surface area (Å²) < 4.78 is 63.5. The molecule has 5 amide bonds. The predicted octanol–water partition coefficient (Wildman–Crippen LogP) is -5.70. The number of unbranched alkanes of at least 4 members (excludes halogenated alkanes) is 4. The van der Waals surface area contributed by atoms with Crippen molar-refractivity contribution < 1.29 is 132 Å². The summed E-state index contributed by atoms with van der Waals surface area (Å²) in [5.74, 6) is -4.72. The van der Waals surface area contributed by atoms with Crippen molar-refractivity contribution in [3.05, 3.63) is 0 Å². The molecule has 4 heterocycles. The van der Waals surface area contributed by atoms with Gasteiger partial charge >= 0.3 is 5.97 Å². The molecule has 33 heteroatoms. The topological polar surface area (TPSA) is 466 Å². The third-order valence-electron chi connectivity index (χ3n) is 14.0. The first kappa shape index (κ1) is 76.4. The molecule has 0 saturated carbocycles. The van der Waals surface area contributed by atoms with E-state index in [9.17, 15) is 79.5 Å². The number of carbonyl (C=O) groups excluding carboxylic acids is 7. The standard InChI is InChI=1S/C55H95N5O27S/c1-27(63)59-34-42(36(68)29(25-61)79-50(34)83-44-38(70)40(72)53(85-47(44)49(75)76)82-43-35(60-28(2)64)51(87-55(6,7)8)80-30(26-62)37(43)69)81-52-41(73)39(71)45(86-54(3,4)5)46(84-52)48(74)58-19-14-18-56-31(65)15-12-10-9-11-13-16-33(67)78-23-22-77-21-20-57-32(66)17-24-88/h29-30,34-47,50-53,61-62,68-73,88H,9-26H2,1-8H3,(H,56,65)(H,57,66)(H,58,74)(H,59,63)(H,60,64)(H,75,76)/p-1. The number of rotatable bonds is 34. The van der Waals surface area contributed by atoms with Crippen molar-refractivity contribution in [1.82, 2.24) is 26.6 Å². The van der Waals surface area contributed by atoms with E-state index in [4.69, 9.17) is 52.1 Å². The lowest BCUT2D eigenvalue weighted by Crippen LogP contribution is -2.71. The monoisotopic (exact) mass is 1290 g/mol. The molecule has 4 aliphatic rings. The van der Waals surface area contributed by atoms with Crippen molar-refractivity contribution in [2.45, 2.75) is 247 Å². The second-order valence-electron chi connectivity index (χ2n) is 23.7. The zero-order valence-electron chi connectivity index (χ0n) is 51.1. The molecule has 32 nitrogen and oxygen atoms in total. The smallest absolute Gasteiger partial charge is 0.305 e. The third-order valence-corrected chi connectivity index (χ3v) is 14.2. The summed E-state index contributed by atoms with van der Waals surface area (Å²) in [4.78, 5) is 88.1. The van der Waals surface area contributed by atoms with Crippen LogP contribution in [-0.2, 0) is 85.7 Å². The second-order valence-corrected chi connectivity index (χ2v) is 24.1. The first-order valence-electron chi connectivity index (χ1n) is 29.6. The molecule has 0 aromatic heterocycles. The van der Waals surface area contributed by atoms with Crippen LogP contribution in [0.2, 0.25) is 0 Å². The normalized spacial score (nSPS) is 32.7. The summed E-state index contributed by atoms with van der Waals surface area (Å²) in [5.41, 5.74) is -2.01. The number of aliphatic hydroxyl groups excluding tert-OH is 8. The number of amides is 5. The zero-order valence-corrected chi connectivity index (χ0v) is 52.0. The Balaban J connectivity index is 1.38. The van der Waals surface area contributed by atoms with Gasteiger partial charge in [-0.3, -0.25) is 28.8 Å². The van der Waals surface area contributed by atoms with Crippen molar-refractivity contribution in [3.8, 4) is 0 Å². The van der Waals surface area contributed by atoms with E-state index in [1.54, 1.807) is 41.5 Å². The Morgan fingerprint density at radius 2 is 0.977 bits per heavy atom. The number of nitrogens with one attached hydrogen (secondary N) is 5. The minimum absolute atomic E-state index is 0.0325. The van der Waals surface area contributed by atoms with Gasteiger partial charge in [-0.25, -0.2) is 0 Å². The summed E-state index contributed by atoms with van der Waals surface area (Å²) in [6, 6.07) is -3.23. The van der Waals surface area contributed by atoms with Gasteiger partial charge in [-0.15, -0.1) is 0 Å². The summed E-state index contributed by atoms with van der Waals surface area (Å²) in [7, 11) is 0. The molecule has 0 aromatic rings. The lowest BCUT2D eigenvalue weighted by Gasteiger charge is -2.51. The van der Waals surface area contributed by atoms with E-state index in [0.29, 0.717) is 38.2 Å². The van der Waals surface area contributed by atoms with E-state index in [1.165, 1.54) is 0 Å². The van der Waals surface area contributed by atoms with Gasteiger partial charge in [-0.05, 0) is 66.6 Å². The van der Waals surface area contributed by atoms with Gasteiger partial charge < -0.3 is 129 Å². The molecule has 4 fully saturated rings. The predicted molar refractivity (Wildman–Crippen MR) is 301 cm³/mol. The SMILES string of the molecule is CC(=O)NC1C(OC(C)(C)C)OC(CO)C(O)C1OC1OC(C(=O)[O-])C(OC2OC(CO)C(O)C(OC3OC(C(=O)NCCCNC(=O)CCCCCCCC(=O)OCCOCCNC(=O)CCS)C(OC(C)(C)C)C(O)C3O)C2NC(C)=O)C(O)C1O. The Morgan fingerprint density at radius 3 is 1.51 bits per heavy atom. The molecule has 0 spiro atoms. The molecule has 4 saturated heterocycles. The number of hydrogen-bond donors (Lipinski definition) is 14.